The highest BCUT2D eigenvalue weighted by Crippen LogP contribution is 2.17. The Morgan fingerprint density at radius 1 is 1.24 bits per heavy atom. The maximum atomic E-state index is 5.87. The first-order valence-corrected chi connectivity index (χ1v) is 6.36. The minimum Gasteiger partial charge on any atom is -0.347 e. The lowest BCUT2D eigenvalue weighted by Crippen LogP contribution is -2.39. The normalized spacial score (nSPS) is 11.7. The summed E-state index contributed by atoms with van der Waals surface area (Å²) in [6, 6.07) is 7.82. The molecular weight excluding hydrogens is 257 g/mol. The Kier molecular flexibility index (Phi) is 3.69. The number of hydrogen-bond donors (Lipinski definition) is 1. The van der Waals surface area contributed by atoms with E-state index in [0.717, 1.165) is 10.9 Å². The van der Waals surface area contributed by atoms with E-state index >= 15 is 0 Å². The van der Waals surface area contributed by atoms with E-state index in [4.69, 9.17) is 23.2 Å². The van der Waals surface area contributed by atoms with Crippen LogP contribution in [0.4, 0.5) is 5.95 Å². The van der Waals surface area contributed by atoms with E-state index in [1.807, 2.05) is 31.2 Å². The Morgan fingerprint density at radius 2 is 1.94 bits per heavy atom. The molecule has 2 rings (SSSR count). The molecule has 0 saturated heterocycles. The van der Waals surface area contributed by atoms with Gasteiger partial charge in [0.2, 0.25) is 5.95 Å². The van der Waals surface area contributed by atoms with E-state index in [0.29, 0.717) is 17.7 Å². The molecule has 0 aliphatic heterocycles. The van der Waals surface area contributed by atoms with Crippen LogP contribution in [0.25, 0.3) is 10.9 Å². The molecule has 5 heteroatoms. The first kappa shape index (κ1) is 12.4. The summed E-state index contributed by atoms with van der Waals surface area (Å²) >= 11 is 11.7. The molecule has 90 valence electrons. The van der Waals surface area contributed by atoms with Crippen molar-refractivity contribution in [2.24, 2.45) is 0 Å². The molecule has 17 heavy (non-hydrogen) atoms. The minimum absolute atomic E-state index is 0.396. The van der Waals surface area contributed by atoms with Gasteiger partial charge in [0.1, 0.15) is 0 Å². The third kappa shape index (κ3) is 2.79. The Labute approximate surface area is 110 Å². The number of alkyl halides is 2. The maximum absolute atomic E-state index is 5.87. The molecule has 0 atom stereocenters. The van der Waals surface area contributed by atoms with E-state index in [1.165, 1.54) is 0 Å². The third-order valence-corrected chi connectivity index (χ3v) is 3.67. The van der Waals surface area contributed by atoms with Crippen LogP contribution < -0.4 is 5.32 Å². The second kappa shape index (κ2) is 5.07. The minimum atomic E-state index is -0.397. The molecule has 0 aliphatic rings. The van der Waals surface area contributed by atoms with Crippen molar-refractivity contribution in [1.29, 1.82) is 0 Å². The summed E-state index contributed by atoms with van der Waals surface area (Å²) in [6.07, 6.45) is 1.79. The molecule has 0 amide bonds. The van der Waals surface area contributed by atoms with Gasteiger partial charge in [0.25, 0.3) is 0 Å². The van der Waals surface area contributed by atoms with E-state index in [1.54, 1.807) is 6.20 Å². The van der Waals surface area contributed by atoms with Crippen molar-refractivity contribution < 1.29 is 0 Å². The number of nitrogens with zero attached hydrogens (tertiary/aromatic N) is 2. The van der Waals surface area contributed by atoms with Crippen LogP contribution in [0.2, 0.25) is 0 Å². The number of rotatable bonds is 4. The van der Waals surface area contributed by atoms with Crippen LogP contribution in [0, 0.1) is 0 Å². The molecule has 1 N–H and O–H groups in total. The molecule has 1 aromatic heterocycles. The lowest BCUT2D eigenvalue weighted by atomic mass is 10.1. The van der Waals surface area contributed by atoms with Crippen LogP contribution in [0.15, 0.2) is 30.5 Å². The molecule has 3 nitrogen and oxygen atoms in total. The van der Waals surface area contributed by atoms with Gasteiger partial charge in [-0.3, -0.25) is 0 Å². The lowest BCUT2D eigenvalue weighted by molar-refractivity contribution is 0.641. The fourth-order valence-corrected chi connectivity index (χ4v) is 1.82. The second-order valence-electron chi connectivity index (χ2n) is 4.21. The third-order valence-electron chi connectivity index (χ3n) is 2.49. The molecule has 0 radical (unpaired) electrons. The van der Waals surface area contributed by atoms with Crippen LogP contribution in [-0.4, -0.2) is 27.3 Å². The lowest BCUT2D eigenvalue weighted by Gasteiger charge is -2.25. The number of benzene rings is 1. The molecule has 0 aliphatic carbocycles. The van der Waals surface area contributed by atoms with E-state index in [2.05, 4.69) is 15.3 Å². The van der Waals surface area contributed by atoms with Crippen molar-refractivity contribution in [3.05, 3.63) is 30.5 Å². The molecular formula is C12H13Cl2N3. The summed E-state index contributed by atoms with van der Waals surface area (Å²) in [6.45, 7) is 1.94. The van der Waals surface area contributed by atoms with Gasteiger partial charge < -0.3 is 5.32 Å². The Bertz CT molecular complexity index is 512. The van der Waals surface area contributed by atoms with Crippen molar-refractivity contribution in [2.75, 3.05) is 17.1 Å². The summed E-state index contributed by atoms with van der Waals surface area (Å²) in [5, 5.41) is 4.17. The van der Waals surface area contributed by atoms with Gasteiger partial charge in [-0.15, -0.1) is 23.2 Å². The Morgan fingerprint density at radius 3 is 2.65 bits per heavy atom. The maximum Gasteiger partial charge on any atom is 0.223 e. The topological polar surface area (TPSA) is 37.8 Å². The molecule has 0 unspecified atom stereocenters. The number of anilines is 1. The molecule has 0 bridgehead atoms. The molecule has 1 heterocycles. The van der Waals surface area contributed by atoms with Gasteiger partial charge in [-0.1, -0.05) is 18.2 Å². The second-order valence-corrected chi connectivity index (χ2v) is 4.74. The number of nitrogens with one attached hydrogen (secondary N) is 1. The average molecular weight is 270 g/mol. The molecule has 2 aromatic rings. The van der Waals surface area contributed by atoms with Gasteiger partial charge >= 0.3 is 0 Å². The van der Waals surface area contributed by atoms with Gasteiger partial charge in [-0.05, 0) is 13.0 Å². The van der Waals surface area contributed by atoms with Gasteiger partial charge in [0.15, 0.2) is 0 Å². The predicted molar refractivity (Wildman–Crippen MR) is 73.0 cm³/mol. The van der Waals surface area contributed by atoms with Crippen molar-refractivity contribution >= 4 is 40.1 Å². The van der Waals surface area contributed by atoms with E-state index in [9.17, 15) is 0 Å². The zero-order chi connectivity index (χ0) is 12.3. The predicted octanol–water partition coefficient (Wildman–Crippen LogP) is 3.28. The highest BCUT2D eigenvalue weighted by molar-refractivity contribution is 6.22. The van der Waals surface area contributed by atoms with Gasteiger partial charge in [0, 0.05) is 23.3 Å². The van der Waals surface area contributed by atoms with Crippen LogP contribution in [0.5, 0.6) is 0 Å². The number of halogens is 2. The monoisotopic (exact) mass is 269 g/mol. The average Bonchev–Trinajstić information content (AvgIpc) is 2.38. The molecule has 1 aromatic carbocycles. The number of para-hydroxylation sites is 1. The van der Waals surface area contributed by atoms with Crippen LogP contribution >= 0.6 is 23.2 Å². The van der Waals surface area contributed by atoms with Gasteiger partial charge in [-0.25, -0.2) is 9.97 Å². The number of aromatic nitrogens is 2. The zero-order valence-corrected chi connectivity index (χ0v) is 11.0. The first-order valence-electron chi connectivity index (χ1n) is 5.29. The standard InChI is InChI=1S/C12H13Cl2N3/c1-12(7-13,8-14)17-11-15-6-9-4-2-3-5-10(9)16-11/h2-6H,7-8H2,1H3,(H,15,16,17). The summed E-state index contributed by atoms with van der Waals surface area (Å²) in [5.74, 6) is 1.34. The zero-order valence-electron chi connectivity index (χ0n) is 9.45. The fraction of sp³-hybridized carbons (Fsp3) is 0.333. The van der Waals surface area contributed by atoms with Crippen LogP contribution in [0.3, 0.4) is 0 Å². The highest BCUT2D eigenvalue weighted by atomic mass is 35.5. The van der Waals surface area contributed by atoms with Crippen molar-refractivity contribution in [1.82, 2.24) is 9.97 Å². The Hall–Kier alpha value is -1.06. The summed E-state index contributed by atoms with van der Waals surface area (Å²) in [5.41, 5.74) is 0.502. The number of hydrogen-bond acceptors (Lipinski definition) is 3. The summed E-state index contributed by atoms with van der Waals surface area (Å²) in [7, 11) is 0. The van der Waals surface area contributed by atoms with Gasteiger partial charge in [0.05, 0.1) is 11.1 Å². The largest absolute Gasteiger partial charge is 0.347 e. The SMILES string of the molecule is CC(CCl)(CCl)Nc1ncc2ccccc2n1. The van der Waals surface area contributed by atoms with E-state index < -0.39 is 5.54 Å². The van der Waals surface area contributed by atoms with Crippen LogP contribution in [0.1, 0.15) is 6.92 Å². The Balaban J connectivity index is 2.31. The molecule has 0 spiro atoms. The van der Waals surface area contributed by atoms with Gasteiger partial charge in [-0.2, -0.15) is 0 Å². The van der Waals surface area contributed by atoms with Crippen molar-refractivity contribution in [2.45, 2.75) is 12.5 Å². The smallest absolute Gasteiger partial charge is 0.223 e. The quantitative estimate of drug-likeness (QED) is 0.866. The van der Waals surface area contributed by atoms with Crippen LogP contribution in [-0.2, 0) is 0 Å². The van der Waals surface area contributed by atoms with Crippen molar-refractivity contribution in [3.63, 3.8) is 0 Å². The molecule has 0 fully saturated rings. The fourth-order valence-electron chi connectivity index (χ4n) is 1.40. The first-order chi connectivity index (χ1) is 8.17. The highest BCUT2D eigenvalue weighted by Gasteiger charge is 2.22. The van der Waals surface area contributed by atoms with E-state index in [-0.39, 0.29) is 0 Å². The van der Waals surface area contributed by atoms with Crippen molar-refractivity contribution in [3.8, 4) is 0 Å². The molecule has 0 saturated carbocycles. The number of fused-ring (bicyclic) bond motifs is 1. The summed E-state index contributed by atoms with van der Waals surface area (Å²) in [4.78, 5) is 8.66. The summed E-state index contributed by atoms with van der Waals surface area (Å²) < 4.78 is 0.